The van der Waals surface area contributed by atoms with Crippen molar-refractivity contribution in [1.82, 2.24) is 54.7 Å². The number of carbonyl (C=O) groups is 2. The molecular formula is C41H68N18O5. The van der Waals surface area contributed by atoms with Gasteiger partial charge in [-0.25, -0.2) is 9.36 Å². The van der Waals surface area contributed by atoms with Gasteiger partial charge >= 0.3 is 0 Å². The first-order valence-corrected chi connectivity index (χ1v) is 22.4. The number of guanidine groups is 1. The van der Waals surface area contributed by atoms with E-state index >= 15 is 0 Å². The Balaban J connectivity index is 1.20. The number of hydrogen-bond acceptors (Lipinski definition) is 17. The standard InChI is InChI=1S/C41H68N18O5/c1-5-23-62-25-27-64-28-26-63-24-14-46-39-47-40(56-19-15-54(16-20-56)36(60)32(4)58-29-34(50-52-58)11-9-13-45-38(43)44)49-41(48-39)57-21-17-55(18-22-57)37(61)35(31(3)6-2)59-30-33(51-53-59)10-7-8-12-42/h1,29-32,35H,6-28,42H2,2-4H3,(H4,43,44,45)(H,46,47,48,49)/t31-,32-,35-/m0/s1. The highest BCUT2D eigenvalue weighted by molar-refractivity contribution is 5.81. The van der Waals surface area contributed by atoms with Crippen molar-refractivity contribution in [3.05, 3.63) is 23.8 Å². The van der Waals surface area contributed by atoms with Gasteiger partial charge in [0.15, 0.2) is 5.96 Å². The number of nitrogens with one attached hydrogen (secondary N) is 1. The van der Waals surface area contributed by atoms with E-state index in [-0.39, 0.29) is 30.3 Å². The minimum atomic E-state index is -0.530. The lowest BCUT2D eigenvalue weighted by molar-refractivity contribution is -0.137. The maximum absolute atomic E-state index is 14.1. The molecule has 0 spiro atoms. The number of nitrogens with zero attached hydrogens (tertiary/aromatic N) is 14. The van der Waals surface area contributed by atoms with E-state index in [1.807, 2.05) is 22.9 Å². The molecule has 3 aromatic rings. The third kappa shape index (κ3) is 15.0. The average molecular weight is 893 g/mol. The fraction of sp³-hybridized carbons (Fsp3) is 0.707. The van der Waals surface area contributed by atoms with Gasteiger partial charge in [-0.05, 0) is 51.5 Å². The van der Waals surface area contributed by atoms with Crippen LogP contribution in [0.4, 0.5) is 17.8 Å². The first-order valence-electron chi connectivity index (χ1n) is 22.4. The Kier molecular flexibility index (Phi) is 20.2. The SMILES string of the molecule is C#CCOCCOCCOCCNc1nc(N2CCN(C(=O)[C@H]([C@@H](C)CC)n3cc(CCCCN)nn3)CC2)nc(N2CCN(C(=O)[C@H](C)n3cc(CCCN=C(N)N)nn3)CC2)n1. The van der Waals surface area contributed by atoms with Gasteiger partial charge < -0.3 is 56.3 Å². The topological polar surface area (TPSA) is 277 Å². The molecule has 2 aliphatic rings. The summed E-state index contributed by atoms with van der Waals surface area (Å²) in [5.41, 5.74) is 18.2. The molecule has 3 atom stereocenters. The highest BCUT2D eigenvalue weighted by atomic mass is 16.5. The minimum absolute atomic E-state index is 0.0271. The molecule has 0 saturated carbocycles. The molecule has 0 aromatic carbocycles. The number of carbonyl (C=O) groups excluding carboxylic acids is 2. The van der Waals surface area contributed by atoms with Gasteiger partial charge in [-0.15, -0.1) is 16.6 Å². The summed E-state index contributed by atoms with van der Waals surface area (Å²) in [7, 11) is 0. The number of rotatable bonds is 27. The van der Waals surface area contributed by atoms with Crippen LogP contribution in [0.5, 0.6) is 0 Å². The number of aromatic nitrogens is 9. The van der Waals surface area contributed by atoms with Crippen LogP contribution in [0.1, 0.15) is 69.9 Å². The third-order valence-electron chi connectivity index (χ3n) is 11.2. The number of piperazine rings is 2. The first-order chi connectivity index (χ1) is 31.1. The summed E-state index contributed by atoms with van der Waals surface area (Å²) in [5.74, 6) is 3.93. The number of anilines is 3. The van der Waals surface area contributed by atoms with Crippen LogP contribution >= 0.6 is 0 Å². The molecule has 23 nitrogen and oxygen atoms in total. The number of ether oxygens (including phenoxy) is 3. The number of amides is 2. The summed E-state index contributed by atoms with van der Waals surface area (Å²) >= 11 is 0. The Labute approximate surface area is 375 Å². The molecule has 7 N–H and O–H groups in total. The van der Waals surface area contributed by atoms with Gasteiger partial charge in [0, 0.05) is 77.8 Å². The molecule has 2 fully saturated rings. The van der Waals surface area contributed by atoms with Crippen molar-refractivity contribution in [2.24, 2.45) is 28.1 Å². The molecule has 2 aliphatic heterocycles. The van der Waals surface area contributed by atoms with Crippen LogP contribution in [0.3, 0.4) is 0 Å². The van der Waals surface area contributed by atoms with Crippen molar-refractivity contribution < 1.29 is 23.8 Å². The molecule has 0 radical (unpaired) electrons. The molecule has 0 aliphatic carbocycles. The zero-order chi connectivity index (χ0) is 45.7. The number of terminal acetylenes is 1. The van der Waals surface area contributed by atoms with Gasteiger partial charge in [-0.2, -0.15) is 15.0 Å². The molecule has 64 heavy (non-hydrogen) atoms. The molecule has 3 aromatic heterocycles. The molecule has 23 heteroatoms. The Morgan fingerprint density at radius 1 is 0.781 bits per heavy atom. The van der Waals surface area contributed by atoms with Gasteiger partial charge in [0.05, 0.1) is 44.4 Å². The molecule has 2 amide bonds. The Bertz CT molecular complexity index is 1930. The van der Waals surface area contributed by atoms with Crippen LogP contribution in [0.15, 0.2) is 17.4 Å². The molecule has 5 rings (SSSR count). The zero-order valence-electron chi connectivity index (χ0n) is 37.8. The Morgan fingerprint density at radius 2 is 1.34 bits per heavy atom. The summed E-state index contributed by atoms with van der Waals surface area (Å²) in [5, 5.41) is 20.5. The summed E-state index contributed by atoms with van der Waals surface area (Å²) in [6.45, 7) is 13.9. The van der Waals surface area contributed by atoms with Crippen molar-refractivity contribution in [1.29, 1.82) is 0 Å². The molecule has 2 saturated heterocycles. The first kappa shape index (κ1) is 49.3. The molecule has 0 unspecified atom stereocenters. The van der Waals surface area contributed by atoms with E-state index in [1.54, 1.807) is 15.6 Å². The number of hydrogen-bond donors (Lipinski definition) is 4. The smallest absolute Gasteiger partial charge is 0.247 e. The summed E-state index contributed by atoms with van der Waals surface area (Å²) < 4.78 is 19.8. The molecule has 352 valence electrons. The monoisotopic (exact) mass is 893 g/mol. The van der Waals surface area contributed by atoms with E-state index in [0.29, 0.717) is 136 Å². The highest BCUT2D eigenvalue weighted by Crippen LogP contribution is 2.26. The Hall–Kier alpha value is -5.70. The van der Waals surface area contributed by atoms with E-state index in [1.165, 1.54) is 0 Å². The van der Waals surface area contributed by atoms with Crippen molar-refractivity contribution in [2.45, 2.75) is 71.4 Å². The number of unbranched alkanes of at least 4 members (excludes halogenated alkanes) is 1. The van der Waals surface area contributed by atoms with Crippen LogP contribution in [-0.4, -0.2) is 184 Å². The van der Waals surface area contributed by atoms with Gasteiger partial charge in [0.25, 0.3) is 0 Å². The van der Waals surface area contributed by atoms with Crippen molar-refractivity contribution in [2.75, 3.05) is 127 Å². The summed E-state index contributed by atoms with van der Waals surface area (Å²) in [6.07, 6.45) is 13.7. The fourth-order valence-corrected chi connectivity index (χ4v) is 7.28. The second kappa shape index (κ2) is 26.2. The maximum Gasteiger partial charge on any atom is 0.247 e. The molecule has 5 heterocycles. The minimum Gasteiger partial charge on any atom is -0.377 e. The lowest BCUT2D eigenvalue weighted by Crippen LogP contribution is -2.52. The Morgan fingerprint density at radius 3 is 1.94 bits per heavy atom. The maximum atomic E-state index is 14.1. The summed E-state index contributed by atoms with van der Waals surface area (Å²) in [4.78, 5) is 54.2. The van der Waals surface area contributed by atoms with Crippen LogP contribution in [-0.2, 0) is 36.6 Å². The van der Waals surface area contributed by atoms with Crippen molar-refractivity contribution in [3.8, 4) is 12.3 Å². The predicted octanol–water partition coefficient (Wildman–Crippen LogP) is -0.517. The van der Waals surface area contributed by atoms with Gasteiger partial charge in [-0.1, -0.05) is 36.6 Å². The highest BCUT2D eigenvalue weighted by Gasteiger charge is 2.34. The molecule has 0 bridgehead atoms. The second-order valence-corrected chi connectivity index (χ2v) is 15.8. The van der Waals surface area contributed by atoms with Gasteiger partial charge in [0.1, 0.15) is 18.7 Å². The van der Waals surface area contributed by atoms with Gasteiger partial charge in [-0.3, -0.25) is 14.6 Å². The predicted molar refractivity (Wildman–Crippen MR) is 241 cm³/mol. The van der Waals surface area contributed by atoms with E-state index in [4.69, 9.17) is 52.8 Å². The summed E-state index contributed by atoms with van der Waals surface area (Å²) in [6, 6.07) is -0.985. The van der Waals surface area contributed by atoms with E-state index in [2.05, 4.69) is 60.5 Å². The van der Waals surface area contributed by atoms with Crippen molar-refractivity contribution >= 4 is 35.6 Å². The lowest BCUT2D eigenvalue weighted by atomic mass is 9.97. The zero-order valence-corrected chi connectivity index (χ0v) is 37.8. The third-order valence-corrected chi connectivity index (χ3v) is 11.2. The second-order valence-electron chi connectivity index (χ2n) is 15.8. The van der Waals surface area contributed by atoms with Crippen LogP contribution in [0.2, 0.25) is 0 Å². The average Bonchev–Trinajstić information content (AvgIpc) is 3.99. The van der Waals surface area contributed by atoms with E-state index in [9.17, 15) is 9.59 Å². The molecular weight excluding hydrogens is 825 g/mol. The largest absolute Gasteiger partial charge is 0.377 e. The van der Waals surface area contributed by atoms with E-state index in [0.717, 1.165) is 37.1 Å². The number of nitrogens with two attached hydrogens (primary N) is 3. The van der Waals surface area contributed by atoms with Crippen LogP contribution in [0.25, 0.3) is 0 Å². The van der Waals surface area contributed by atoms with Crippen molar-refractivity contribution in [3.63, 3.8) is 0 Å². The van der Waals surface area contributed by atoms with Crippen LogP contribution in [0, 0.1) is 18.3 Å². The lowest BCUT2D eigenvalue weighted by Gasteiger charge is -2.38. The fourth-order valence-electron chi connectivity index (χ4n) is 7.28. The quantitative estimate of drug-likeness (QED) is 0.0324. The van der Waals surface area contributed by atoms with E-state index < -0.39 is 12.1 Å². The van der Waals surface area contributed by atoms with Crippen LogP contribution < -0.4 is 32.3 Å². The normalized spacial score (nSPS) is 15.7. The van der Waals surface area contributed by atoms with Gasteiger partial charge in [0.2, 0.25) is 29.7 Å². The number of aryl methyl sites for hydroxylation is 2. The number of aliphatic imine (C=N–C) groups is 1.